The van der Waals surface area contributed by atoms with E-state index in [1.165, 1.54) is 0 Å². The predicted octanol–water partition coefficient (Wildman–Crippen LogP) is 1.98. The van der Waals surface area contributed by atoms with Gasteiger partial charge in [-0.1, -0.05) is 19.1 Å². The number of benzene rings is 1. The molecule has 25 heavy (non-hydrogen) atoms. The van der Waals surface area contributed by atoms with Crippen molar-refractivity contribution in [3.8, 4) is 0 Å². The third kappa shape index (κ3) is 4.92. The van der Waals surface area contributed by atoms with Crippen molar-refractivity contribution in [3.63, 3.8) is 0 Å². The average Bonchev–Trinajstić information content (AvgIpc) is 2.57. The van der Waals surface area contributed by atoms with Crippen LogP contribution in [0.3, 0.4) is 0 Å². The molecule has 0 unspecified atom stereocenters. The van der Waals surface area contributed by atoms with Gasteiger partial charge >= 0.3 is 5.63 Å². The highest BCUT2D eigenvalue weighted by atomic mass is 16.4. The van der Waals surface area contributed by atoms with Gasteiger partial charge in [-0.15, -0.1) is 0 Å². The number of rotatable bonds is 7. The van der Waals surface area contributed by atoms with Gasteiger partial charge in [0.25, 0.3) is 0 Å². The summed E-state index contributed by atoms with van der Waals surface area (Å²) < 4.78 is 5.38. The number of aryl methyl sites for hydroxylation is 2. The van der Waals surface area contributed by atoms with Crippen molar-refractivity contribution < 1.29 is 14.0 Å². The first-order chi connectivity index (χ1) is 11.9. The molecule has 6 nitrogen and oxygen atoms in total. The molecule has 1 heterocycles. The lowest BCUT2D eigenvalue weighted by molar-refractivity contribution is -0.126. The van der Waals surface area contributed by atoms with Gasteiger partial charge in [-0.25, -0.2) is 4.79 Å². The summed E-state index contributed by atoms with van der Waals surface area (Å²) in [6.45, 7) is 6.29. The first-order valence-corrected chi connectivity index (χ1v) is 8.48. The van der Waals surface area contributed by atoms with Gasteiger partial charge in [0.2, 0.25) is 11.8 Å². The second kappa shape index (κ2) is 8.46. The smallest absolute Gasteiger partial charge is 0.339 e. The number of fused-ring (bicyclic) bond motifs is 1. The van der Waals surface area contributed by atoms with E-state index in [0.717, 1.165) is 22.9 Å². The van der Waals surface area contributed by atoms with Crippen LogP contribution in [-0.4, -0.2) is 24.9 Å². The van der Waals surface area contributed by atoms with E-state index in [-0.39, 0.29) is 31.2 Å². The number of hydrogen-bond donors (Lipinski definition) is 2. The normalized spacial score (nSPS) is 10.7. The molecule has 0 fully saturated rings. The third-order valence-corrected chi connectivity index (χ3v) is 4.06. The highest BCUT2D eigenvalue weighted by Gasteiger charge is 2.13. The Morgan fingerprint density at radius 3 is 2.60 bits per heavy atom. The summed E-state index contributed by atoms with van der Waals surface area (Å²) in [6.07, 6.45) is 1.25. The molecular formula is C19H24N2O4. The predicted molar refractivity (Wildman–Crippen MR) is 96.6 cm³/mol. The molecule has 2 rings (SSSR count). The molecule has 2 aromatic rings. The number of hydrogen-bond acceptors (Lipinski definition) is 4. The van der Waals surface area contributed by atoms with Crippen molar-refractivity contribution in [2.24, 2.45) is 0 Å². The van der Waals surface area contributed by atoms with Gasteiger partial charge in [-0.05, 0) is 43.9 Å². The van der Waals surface area contributed by atoms with Crippen molar-refractivity contribution >= 4 is 22.8 Å². The summed E-state index contributed by atoms with van der Waals surface area (Å²) in [6, 6.07) is 5.71. The number of amides is 2. The minimum atomic E-state index is -0.413. The lowest BCUT2D eigenvalue weighted by Crippen LogP contribution is -2.37. The number of carbonyl (C=O) groups excluding carboxylic acids is 2. The van der Waals surface area contributed by atoms with E-state index in [4.69, 9.17) is 4.42 Å². The Morgan fingerprint density at radius 2 is 1.88 bits per heavy atom. The molecule has 0 atom stereocenters. The second-order valence-corrected chi connectivity index (χ2v) is 6.12. The molecule has 1 aromatic heterocycles. The van der Waals surface area contributed by atoms with E-state index >= 15 is 0 Å². The van der Waals surface area contributed by atoms with E-state index in [9.17, 15) is 14.4 Å². The maximum absolute atomic E-state index is 12.2. The van der Waals surface area contributed by atoms with E-state index in [2.05, 4.69) is 10.6 Å². The molecule has 2 amide bonds. The quantitative estimate of drug-likeness (QED) is 0.752. The minimum Gasteiger partial charge on any atom is -0.423 e. The monoisotopic (exact) mass is 344 g/mol. The van der Waals surface area contributed by atoms with Gasteiger partial charge in [0.15, 0.2) is 0 Å². The van der Waals surface area contributed by atoms with Crippen LogP contribution in [0.4, 0.5) is 0 Å². The van der Waals surface area contributed by atoms with Crippen LogP contribution >= 0.6 is 0 Å². The Bertz CT molecular complexity index is 839. The highest BCUT2D eigenvalue weighted by molar-refractivity contribution is 5.85. The topological polar surface area (TPSA) is 88.4 Å². The Balaban J connectivity index is 2.01. The van der Waals surface area contributed by atoms with Crippen LogP contribution in [0.15, 0.2) is 27.4 Å². The van der Waals surface area contributed by atoms with Crippen LogP contribution in [0.5, 0.6) is 0 Å². The largest absolute Gasteiger partial charge is 0.423 e. The van der Waals surface area contributed by atoms with Crippen molar-refractivity contribution in [3.05, 3.63) is 45.3 Å². The molecule has 134 valence electrons. The molecule has 6 heteroatoms. The Hall–Kier alpha value is -2.63. The Morgan fingerprint density at radius 1 is 1.12 bits per heavy atom. The standard InChI is InChI=1S/C19H24N2O4/c1-4-9-20-18(23)11-21-17(22)8-7-15-13(3)14-6-5-12(2)10-16(14)25-19(15)24/h5-6,10H,4,7-9,11H2,1-3H3,(H,20,23)(H,21,22). The molecule has 0 aliphatic carbocycles. The average molecular weight is 344 g/mol. The first kappa shape index (κ1) is 18.7. The molecule has 1 aromatic carbocycles. The lowest BCUT2D eigenvalue weighted by atomic mass is 10.0. The summed E-state index contributed by atoms with van der Waals surface area (Å²) >= 11 is 0. The van der Waals surface area contributed by atoms with Crippen LogP contribution in [0.2, 0.25) is 0 Å². The zero-order valence-corrected chi connectivity index (χ0v) is 14.9. The van der Waals surface area contributed by atoms with E-state index < -0.39 is 5.63 Å². The van der Waals surface area contributed by atoms with Crippen molar-refractivity contribution in [2.75, 3.05) is 13.1 Å². The van der Waals surface area contributed by atoms with E-state index in [1.54, 1.807) is 0 Å². The van der Waals surface area contributed by atoms with Crippen LogP contribution < -0.4 is 16.3 Å². The van der Waals surface area contributed by atoms with E-state index in [0.29, 0.717) is 17.7 Å². The lowest BCUT2D eigenvalue weighted by Gasteiger charge is -2.09. The maximum Gasteiger partial charge on any atom is 0.339 e. The summed E-state index contributed by atoms with van der Waals surface area (Å²) in [5.74, 6) is -0.485. The van der Waals surface area contributed by atoms with E-state index in [1.807, 2.05) is 39.0 Å². The van der Waals surface area contributed by atoms with Gasteiger partial charge in [0.05, 0.1) is 6.54 Å². The summed E-state index contributed by atoms with van der Waals surface area (Å²) in [4.78, 5) is 35.6. The fraction of sp³-hybridized carbons (Fsp3) is 0.421. The molecule has 0 saturated carbocycles. The SMILES string of the molecule is CCCNC(=O)CNC(=O)CCc1c(C)c2ccc(C)cc2oc1=O. The van der Waals surface area contributed by atoms with Gasteiger partial charge in [-0.3, -0.25) is 9.59 Å². The van der Waals surface area contributed by atoms with Crippen molar-refractivity contribution in [1.82, 2.24) is 10.6 Å². The fourth-order valence-electron chi connectivity index (χ4n) is 2.62. The van der Waals surface area contributed by atoms with Crippen LogP contribution in [-0.2, 0) is 16.0 Å². The zero-order valence-electron chi connectivity index (χ0n) is 14.9. The van der Waals surface area contributed by atoms with Gasteiger partial charge < -0.3 is 15.1 Å². The molecule has 0 aliphatic heterocycles. The van der Waals surface area contributed by atoms with Crippen molar-refractivity contribution in [2.45, 2.75) is 40.0 Å². The molecular weight excluding hydrogens is 320 g/mol. The Kier molecular flexibility index (Phi) is 6.33. The van der Waals surface area contributed by atoms with Crippen molar-refractivity contribution in [1.29, 1.82) is 0 Å². The molecule has 2 N–H and O–H groups in total. The van der Waals surface area contributed by atoms with Gasteiger partial charge in [0, 0.05) is 23.9 Å². The molecule has 0 aliphatic rings. The van der Waals surface area contributed by atoms with Crippen LogP contribution in [0.1, 0.15) is 36.5 Å². The molecule has 0 saturated heterocycles. The summed E-state index contributed by atoms with van der Waals surface area (Å²) in [5.41, 5.74) is 2.50. The van der Waals surface area contributed by atoms with Crippen LogP contribution in [0, 0.1) is 13.8 Å². The summed E-state index contributed by atoms with van der Waals surface area (Å²) in [5, 5.41) is 6.12. The minimum absolute atomic E-state index is 0.0522. The fourth-order valence-corrected chi connectivity index (χ4v) is 2.62. The Labute approximate surface area is 146 Å². The first-order valence-electron chi connectivity index (χ1n) is 8.48. The number of carbonyl (C=O) groups is 2. The highest BCUT2D eigenvalue weighted by Crippen LogP contribution is 2.21. The zero-order chi connectivity index (χ0) is 18.4. The molecule has 0 radical (unpaired) electrons. The van der Waals surface area contributed by atoms with Gasteiger partial charge in [-0.2, -0.15) is 0 Å². The van der Waals surface area contributed by atoms with Gasteiger partial charge in [0.1, 0.15) is 5.58 Å². The number of nitrogens with one attached hydrogen (secondary N) is 2. The third-order valence-electron chi connectivity index (χ3n) is 4.06. The molecule has 0 bridgehead atoms. The molecule has 0 spiro atoms. The van der Waals surface area contributed by atoms with Crippen LogP contribution in [0.25, 0.3) is 11.0 Å². The second-order valence-electron chi connectivity index (χ2n) is 6.12. The summed E-state index contributed by atoms with van der Waals surface area (Å²) in [7, 11) is 0. The maximum atomic E-state index is 12.2.